The summed E-state index contributed by atoms with van der Waals surface area (Å²) in [7, 11) is 1.54. The highest BCUT2D eigenvalue weighted by molar-refractivity contribution is 6.33. The van der Waals surface area contributed by atoms with Gasteiger partial charge < -0.3 is 15.4 Å². The summed E-state index contributed by atoms with van der Waals surface area (Å²) in [6.07, 6.45) is 0. The van der Waals surface area contributed by atoms with E-state index < -0.39 is 4.92 Å². The van der Waals surface area contributed by atoms with Crippen LogP contribution in [0.4, 0.5) is 11.4 Å². The quantitative estimate of drug-likeness (QED) is 0.446. The summed E-state index contributed by atoms with van der Waals surface area (Å²) in [5.74, 6) is 0.395. The van der Waals surface area contributed by atoms with Gasteiger partial charge in [0.25, 0.3) is 11.6 Å². The highest BCUT2D eigenvalue weighted by atomic mass is 35.5. The van der Waals surface area contributed by atoms with Crippen LogP contribution in [-0.2, 0) is 0 Å². The number of nitrogens with one attached hydrogen (secondary N) is 2. The van der Waals surface area contributed by atoms with Crippen molar-refractivity contribution in [1.29, 1.82) is 0 Å². The number of rotatable bonds is 7. The van der Waals surface area contributed by atoms with Crippen LogP contribution in [0.2, 0.25) is 5.02 Å². The van der Waals surface area contributed by atoms with E-state index >= 15 is 0 Å². The Bertz CT molecular complexity index is 772. The van der Waals surface area contributed by atoms with Crippen molar-refractivity contribution in [2.75, 3.05) is 25.5 Å². The van der Waals surface area contributed by atoms with Crippen molar-refractivity contribution in [3.05, 3.63) is 62.7 Å². The van der Waals surface area contributed by atoms with Crippen LogP contribution in [0.5, 0.6) is 5.75 Å². The number of halogens is 1. The second-order valence-electron chi connectivity index (χ2n) is 5.29. The molecule has 0 heterocycles. The lowest BCUT2D eigenvalue weighted by Gasteiger charge is -2.12. The third-order valence-electron chi connectivity index (χ3n) is 3.53. The molecule has 0 spiro atoms. The topological polar surface area (TPSA) is 93.5 Å². The van der Waals surface area contributed by atoms with Gasteiger partial charge in [0.15, 0.2) is 0 Å². The second-order valence-corrected chi connectivity index (χ2v) is 5.70. The first-order valence-corrected chi connectivity index (χ1v) is 7.91. The lowest BCUT2D eigenvalue weighted by molar-refractivity contribution is -0.384. The number of methoxy groups -OCH3 is 1. The summed E-state index contributed by atoms with van der Waals surface area (Å²) >= 11 is 6.08. The van der Waals surface area contributed by atoms with Gasteiger partial charge in [-0.15, -0.1) is 0 Å². The van der Waals surface area contributed by atoms with Crippen molar-refractivity contribution in [1.82, 2.24) is 5.32 Å². The number of hydrogen-bond donors (Lipinski definition) is 2. The summed E-state index contributed by atoms with van der Waals surface area (Å²) in [5.41, 5.74) is 1.73. The van der Waals surface area contributed by atoms with Gasteiger partial charge in [0.1, 0.15) is 5.75 Å². The second kappa shape index (κ2) is 8.34. The molecule has 7 nitrogen and oxygen atoms in total. The number of aryl methyl sites for hydroxylation is 1. The summed E-state index contributed by atoms with van der Waals surface area (Å²) in [6, 6.07) is 9.60. The molecule has 0 radical (unpaired) electrons. The van der Waals surface area contributed by atoms with Crippen molar-refractivity contribution in [2.24, 2.45) is 0 Å². The van der Waals surface area contributed by atoms with E-state index in [1.807, 2.05) is 0 Å². The van der Waals surface area contributed by atoms with Gasteiger partial charge in [-0.3, -0.25) is 14.9 Å². The molecular formula is C17H18ClN3O4. The predicted octanol–water partition coefficient (Wildman–Crippen LogP) is 3.41. The van der Waals surface area contributed by atoms with E-state index in [1.54, 1.807) is 31.2 Å². The van der Waals surface area contributed by atoms with Gasteiger partial charge in [-0.05, 0) is 30.7 Å². The van der Waals surface area contributed by atoms with Crippen LogP contribution in [0.3, 0.4) is 0 Å². The van der Waals surface area contributed by atoms with Crippen molar-refractivity contribution >= 4 is 28.9 Å². The summed E-state index contributed by atoms with van der Waals surface area (Å²) < 4.78 is 5.09. The number of ether oxygens (including phenoxy) is 1. The maximum absolute atomic E-state index is 12.1. The van der Waals surface area contributed by atoms with Gasteiger partial charge in [0.2, 0.25) is 0 Å². The van der Waals surface area contributed by atoms with Crippen molar-refractivity contribution < 1.29 is 14.5 Å². The molecule has 0 atom stereocenters. The zero-order valence-corrected chi connectivity index (χ0v) is 14.6. The Labute approximate surface area is 150 Å². The number of nitrogens with zero attached hydrogens (tertiary/aromatic N) is 1. The molecule has 0 aliphatic rings. The van der Waals surface area contributed by atoms with Crippen molar-refractivity contribution in [3.63, 3.8) is 0 Å². The number of nitro groups is 1. The van der Waals surface area contributed by atoms with Gasteiger partial charge >= 0.3 is 0 Å². The number of non-ortho nitro benzene ring substituents is 1. The van der Waals surface area contributed by atoms with E-state index in [1.165, 1.54) is 19.2 Å². The average Bonchev–Trinajstić information content (AvgIpc) is 2.59. The fourth-order valence-corrected chi connectivity index (χ4v) is 2.61. The number of carbonyl (C=O) groups is 1. The zero-order chi connectivity index (χ0) is 18.4. The molecule has 0 unspecified atom stereocenters. The maximum atomic E-state index is 12.1. The van der Waals surface area contributed by atoms with Crippen LogP contribution >= 0.6 is 11.6 Å². The van der Waals surface area contributed by atoms with Crippen LogP contribution in [0.1, 0.15) is 15.9 Å². The van der Waals surface area contributed by atoms with Gasteiger partial charge in [0, 0.05) is 30.8 Å². The molecule has 8 heteroatoms. The number of hydrogen-bond acceptors (Lipinski definition) is 5. The number of amides is 1. The van der Waals surface area contributed by atoms with E-state index in [9.17, 15) is 14.9 Å². The van der Waals surface area contributed by atoms with Crippen LogP contribution in [0.15, 0.2) is 36.4 Å². The van der Waals surface area contributed by atoms with E-state index in [4.69, 9.17) is 16.3 Å². The van der Waals surface area contributed by atoms with Crippen LogP contribution in [-0.4, -0.2) is 31.0 Å². The molecule has 0 aliphatic carbocycles. The molecule has 2 aromatic carbocycles. The molecule has 0 aliphatic heterocycles. The lowest BCUT2D eigenvalue weighted by atomic mass is 10.1. The molecular weight excluding hydrogens is 346 g/mol. The first-order chi connectivity index (χ1) is 11.9. The van der Waals surface area contributed by atoms with Crippen LogP contribution < -0.4 is 15.4 Å². The van der Waals surface area contributed by atoms with Crippen LogP contribution in [0.25, 0.3) is 0 Å². The zero-order valence-electron chi connectivity index (χ0n) is 13.8. The number of benzene rings is 2. The molecule has 2 N–H and O–H groups in total. The van der Waals surface area contributed by atoms with Crippen molar-refractivity contribution in [2.45, 2.75) is 6.92 Å². The Balaban J connectivity index is 1.91. The fourth-order valence-electron chi connectivity index (χ4n) is 2.29. The third-order valence-corrected chi connectivity index (χ3v) is 3.83. The molecule has 0 saturated heterocycles. The average molecular weight is 364 g/mol. The van der Waals surface area contributed by atoms with E-state index in [0.29, 0.717) is 35.7 Å². The minimum absolute atomic E-state index is 0.0561. The summed E-state index contributed by atoms with van der Waals surface area (Å²) in [6.45, 7) is 2.52. The first-order valence-electron chi connectivity index (χ1n) is 7.53. The molecule has 0 fully saturated rings. The van der Waals surface area contributed by atoms with Crippen molar-refractivity contribution in [3.8, 4) is 5.75 Å². The van der Waals surface area contributed by atoms with Crippen LogP contribution in [0, 0.1) is 17.0 Å². The monoisotopic (exact) mass is 363 g/mol. The molecule has 0 saturated carbocycles. The lowest BCUT2D eigenvalue weighted by Crippen LogP contribution is -2.28. The first kappa shape index (κ1) is 18.5. The Morgan fingerprint density at radius 3 is 2.68 bits per heavy atom. The molecule has 25 heavy (non-hydrogen) atoms. The number of anilines is 1. The molecule has 2 rings (SSSR count). The largest absolute Gasteiger partial charge is 0.497 e. The maximum Gasteiger partial charge on any atom is 0.271 e. The SMILES string of the molecule is COc1cccc(C(=O)NCCNc2c(C)cc([N+](=O)[O-])cc2Cl)c1. The smallest absolute Gasteiger partial charge is 0.271 e. The molecule has 132 valence electrons. The molecule has 0 aromatic heterocycles. The minimum atomic E-state index is -0.489. The molecule has 1 amide bonds. The number of nitro benzene ring substituents is 1. The highest BCUT2D eigenvalue weighted by Gasteiger charge is 2.13. The fraction of sp³-hybridized carbons (Fsp3) is 0.235. The van der Waals surface area contributed by atoms with E-state index in [2.05, 4.69) is 10.6 Å². The number of carbonyl (C=O) groups excluding carboxylic acids is 1. The van der Waals surface area contributed by atoms with Gasteiger partial charge in [-0.1, -0.05) is 17.7 Å². The molecule has 0 bridgehead atoms. The van der Waals surface area contributed by atoms with E-state index in [0.717, 1.165) is 0 Å². The third kappa shape index (κ3) is 4.84. The Kier molecular flexibility index (Phi) is 6.19. The Hall–Kier alpha value is -2.80. The predicted molar refractivity (Wildman–Crippen MR) is 96.7 cm³/mol. The van der Waals surface area contributed by atoms with Gasteiger partial charge in [0.05, 0.1) is 22.7 Å². The summed E-state index contributed by atoms with van der Waals surface area (Å²) in [5, 5.41) is 16.9. The molecule has 2 aromatic rings. The summed E-state index contributed by atoms with van der Waals surface area (Å²) in [4.78, 5) is 22.4. The minimum Gasteiger partial charge on any atom is -0.497 e. The standard InChI is InChI=1S/C17H18ClN3O4/c1-11-8-13(21(23)24)10-15(18)16(11)19-6-7-20-17(22)12-4-3-5-14(9-12)25-2/h3-5,8-10,19H,6-7H2,1-2H3,(H,20,22). The van der Waals surface area contributed by atoms with Gasteiger partial charge in [-0.25, -0.2) is 0 Å². The normalized spacial score (nSPS) is 10.2. The van der Waals surface area contributed by atoms with Gasteiger partial charge in [-0.2, -0.15) is 0 Å². The Morgan fingerprint density at radius 1 is 1.28 bits per heavy atom. The Morgan fingerprint density at radius 2 is 2.04 bits per heavy atom. The van der Waals surface area contributed by atoms with E-state index in [-0.39, 0.29) is 16.6 Å². The highest BCUT2D eigenvalue weighted by Crippen LogP contribution is 2.30.